The van der Waals surface area contributed by atoms with Crippen molar-refractivity contribution in [1.29, 1.82) is 0 Å². The molecule has 4 aromatic rings. The minimum Gasteiger partial charge on any atom is -0.491 e. The molecule has 0 amide bonds. The number of rotatable bonds is 11. The van der Waals surface area contributed by atoms with E-state index >= 15 is 0 Å². The number of aromatic nitrogens is 3. The fourth-order valence-electron chi connectivity index (χ4n) is 3.77. The normalized spacial score (nSPS) is 12.9. The van der Waals surface area contributed by atoms with Gasteiger partial charge in [0.2, 0.25) is 0 Å². The van der Waals surface area contributed by atoms with E-state index in [4.69, 9.17) is 13.7 Å². The van der Waals surface area contributed by atoms with E-state index in [0.717, 1.165) is 40.2 Å². The van der Waals surface area contributed by atoms with Gasteiger partial charge in [-0.25, -0.2) is 4.98 Å². The van der Waals surface area contributed by atoms with Gasteiger partial charge in [-0.2, -0.15) is 8.42 Å². The van der Waals surface area contributed by atoms with E-state index in [1.54, 1.807) is 0 Å². The molecular formula is C24H27N3O5S. The van der Waals surface area contributed by atoms with Crippen molar-refractivity contribution in [2.45, 2.75) is 19.4 Å². The molecule has 0 aliphatic heterocycles. The summed E-state index contributed by atoms with van der Waals surface area (Å²) in [5, 5.41) is 1.06. The van der Waals surface area contributed by atoms with Gasteiger partial charge in [0, 0.05) is 12.0 Å². The van der Waals surface area contributed by atoms with Crippen molar-refractivity contribution in [3.63, 3.8) is 0 Å². The molecule has 33 heavy (non-hydrogen) atoms. The molecule has 0 aliphatic carbocycles. The number of fused-ring (bicyclic) bond motifs is 3. The van der Waals surface area contributed by atoms with E-state index in [1.807, 2.05) is 61.9 Å². The van der Waals surface area contributed by atoms with Crippen molar-refractivity contribution in [1.82, 2.24) is 14.5 Å². The quantitative estimate of drug-likeness (QED) is 0.244. The van der Waals surface area contributed by atoms with Crippen LogP contribution < -0.4 is 4.74 Å². The first-order valence-electron chi connectivity index (χ1n) is 10.8. The Hall–Kier alpha value is -3.01. The Labute approximate surface area is 193 Å². The fourth-order valence-corrected chi connectivity index (χ4v) is 4.14. The second-order valence-electron chi connectivity index (χ2n) is 7.70. The summed E-state index contributed by atoms with van der Waals surface area (Å²) in [6.07, 6.45) is 5.44. The standard InChI is InChI=1S/C24H27N3O5S/c1-3-30-16-19(14-18-8-10-20(11-9-18)31-12-13-32-33(2,28)29)27-17-26-23-15-25-22-7-5-4-6-21(22)24(23)27/h4-11,15,17,19H,3,12-14,16H2,1-2H3/t19-/m0/s1. The Morgan fingerprint density at radius 3 is 2.55 bits per heavy atom. The largest absolute Gasteiger partial charge is 0.491 e. The zero-order chi connectivity index (χ0) is 23.3. The predicted octanol–water partition coefficient (Wildman–Crippen LogP) is 3.76. The minimum absolute atomic E-state index is 0.0203. The molecule has 0 radical (unpaired) electrons. The minimum atomic E-state index is -3.46. The van der Waals surface area contributed by atoms with E-state index in [2.05, 4.69) is 20.6 Å². The molecule has 8 nitrogen and oxygen atoms in total. The number of pyridine rings is 1. The van der Waals surface area contributed by atoms with Crippen LogP contribution in [0.1, 0.15) is 18.5 Å². The Morgan fingerprint density at radius 2 is 1.79 bits per heavy atom. The molecule has 1 atom stereocenters. The molecule has 2 aromatic heterocycles. The zero-order valence-electron chi connectivity index (χ0n) is 18.7. The molecule has 2 heterocycles. The first-order valence-corrected chi connectivity index (χ1v) is 12.6. The summed E-state index contributed by atoms with van der Waals surface area (Å²) in [6, 6.07) is 15.9. The molecule has 0 N–H and O–H groups in total. The highest BCUT2D eigenvalue weighted by molar-refractivity contribution is 7.85. The third-order valence-electron chi connectivity index (χ3n) is 5.26. The maximum Gasteiger partial charge on any atom is 0.264 e. The summed E-state index contributed by atoms with van der Waals surface area (Å²) in [7, 11) is -3.46. The third-order valence-corrected chi connectivity index (χ3v) is 5.85. The lowest BCUT2D eigenvalue weighted by Gasteiger charge is -2.20. The van der Waals surface area contributed by atoms with Crippen LogP contribution in [0.25, 0.3) is 21.9 Å². The summed E-state index contributed by atoms with van der Waals surface area (Å²) in [5.74, 6) is 0.655. The van der Waals surface area contributed by atoms with Crippen LogP contribution in [0.15, 0.2) is 61.1 Å². The molecule has 0 unspecified atom stereocenters. The molecule has 0 aliphatic rings. The number of nitrogens with zero attached hydrogens (tertiary/aromatic N) is 3. The van der Waals surface area contributed by atoms with Gasteiger partial charge < -0.3 is 14.0 Å². The van der Waals surface area contributed by atoms with E-state index < -0.39 is 10.1 Å². The lowest BCUT2D eigenvalue weighted by molar-refractivity contribution is 0.114. The second kappa shape index (κ2) is 10.3. The first kappa shape index (κ1) is 23.2. The monoisotopic (exact) mass is 469 g/mol. The predicted molar refractivity (Wildman–Crippen MR) is 127 cm³/mol. The fraction of sp³-hybridized carbons (Fsp3) is 0.333. The molecule has 0 spiro atoms. The number of imidazole rings is 1. The van der Waals surface area contributed by atoms with Crippen molar-refractivity contribution in [3.8, 4) is 5.75 Å². The summed E-state index contributed by atoms with van der Waals surface area (Å²) in [5.41, 5.74) is 3.97. The SMILES string of the molecule is CCOC[C@H](Cc1ccc(OCCOS(C)(=O)=O)cc1)n1cnc2cnc3ccccc3c21. The van der Waals surface area contributed by atoms with Gasteiger partial charge in [0.25, 0.3) is 10.1 Å². The summed E-state index contributed by atoms with van der Waals surface area (Å²) in [6.45, 7) is 3.31. The number of hydrogen-bond donors (Lipinski definition) is 0. The lowest BCUT2D eigenvalue weighted by Crippen LogP contribution is -2.18. The van der Waals surface area contributed by atoms with Gasteiger partial charge in [0.15, 0.2) is 0 Å². The third kappa shape index (κ3) is 5.87. The molecule has 4 rings (SSSR count). The van der Waals surface area contributed by atoms with Crippen molar-refractivity contribution < 1.29 is 22.1 Å². The van der Waals surface area contributed by atoms with Crippen LogP contribution in [-0.4, -0.2) is 55.6 Å². The first-order chi connectivity index (χ1) is 15.9. The van der Waals surface area contributed by atoms with Gasteiger partial charge in [-0.3, -0.25) is 9.17 Å². The lowest BCUT2D eigenvalue weighted by atomic mass is 10.1. The van der Waals surface area contributed by atoms with E-state index in [0.29, 0.717) is 19.0 Å². The van der Waals surface area contributed by atoms with Crippen LogP contribution in [0.5, 0.6) is 5.75 Å². The van der Waals surface area contributed by atoms with Gasteiger partial charge >= 0.3 is 0 Å². The topological polar surface area (TPSA) is 92.5 Å². The van der Waals surface area contributed by atoms with Crippen molar-refractivity contribution in [2.75, 3.05) is 32.7 Å². The average Bonchev–Trinajstić information content (AvgIpc) is 3.24. The highest BCUT2D eigenvalue weighted by Crippen LogP contribution is 2.27. The molecule has 0 bridgehead atoms. The van der Waals surface area contributed by atoms with Crippen molar-refractivity contribution in [2.24, 2.45) is 0 Å². The molecule has 174 valence electrons. The van der Waals surface area contributed by atoms with Crippen LogP contribution >= 0.6 is 0 Å². The maximum absolute atomic E-state index is 11.0. The Kier molecular flexibility index (Phi) is 7.22. The van der Waals surface area contributed by atoms with Crippen LogP contribution in [-0.2, 0) is 25.5 Å². The Bertz CT molecular complexity index is 1320. The number of benzene rings is 2. The van der Waals surface area contributed by atoms with E-state index in [9.17, 15) is 8.42 Å². The zero-order valence-corrected chi connectivity index (χ0v) is 19.5. The number of hydrogen-bond acceptors (Lipinski definition) is 7. The highest BCUT2D eigenvalue weighted by atomic mass is 32.2. The van der Waals surface area contributed by atoms with Gasteiger partial charge in [0.1, 0.15) is 24.5 Å². The molecule has 2 aromatic carbocycles. The molecular weight excluding hydrogens is 442 g/mol. The number of para-hydroxylation sites is 1. The maximum atomic E-state index is 11.0. The van der Waals surface area contributed by atoms with Crippen LogP contribution in [0.4, 0.5) is 0 Å². The van der Waals surface area contributed by atoms with Gasteiger partial charge in [-0.15, -0.1) is 0 Å². The molecule has 0 saturated heterocycles. The molecule has 9 heteroatoms. The molecule has 0 fully saturated rings. The van der Waals surface area contributed by atoms with E-state index in [1.165, 1.54) is 0 Å². The van der Waals surface area contributed by atoms with Crippen LogP contribution in [0, 0.1) is 0 Å². The van der Waals surface area contributed by atoms with Crippen LogP contribution in [0.2, 0.25) is 0 Å². The Balaban J connectivity index is 1.53. The summed E-state index contributed by atoms with van der Waals surface area (Å²) >= 11 is 0. The van der Waals surface area contributed by atoms with Crippen molar-refractivity contribution >= 4 is 32.1 Å². The summed E-state index contributed by atoms with van der Waals surface area (Å²) < 4.78 is 40.3. The highest BCUT2D eigenvalue weighted by Gasteiger charge is 2.17. The Morgan fingerprint density at radius 1 is 1.00 bits per heavy atom. The van der Waals surface area contributed by atoms with Gasteiger partial charge in [-0.1, -0.05) is 30.3 Å². The van der Waals surface area contributed by atoms with Crippen molar-refractivity contribution in [3.05, 3.63) is 66.6 Å². The van der Waals surface area contributed by atoms with Crippen LogP contribution in [0.3, 0.4) is 0 Å². The van der Waals surface area contributed by atoms with E-state index in [-0.39, 0.29) is 19.3 Å². The smallest absolute Gasteiger partial charge is 0.264 e. The second-order valence-corrected chi connectivity index (χ2v) is 9.34. The molecule has 0 saturated carbocycles. The number of ether oxygens (including phenoxy) is 2. The van der Waals surface area contributed by atoms with Gasteiger partial charge in [-0.05, 0) is 37.1 Å². The summed E-state index contributed by atoms with van der Waals surface area (Å²) in [4.78, 5) is 9.10. The average molecular weight is 470 g/mol. The van der Waals surface area contributed by atoms with Gasteiger partial charge in [0.05, 0.1) is 42.5 Å².